The van der Waals surface area contributed by atoms with Crippen molar-refractivity contribution in [1.29, 1.82) is 0 Å². The average Bonchev–Trinajstić information content (AvgIpc) is 2.59. The molecule has 4 nitrogen and oxygen atoms in total. The molecule has 0 bridgehead atoms. The summed E-state index contributed by atoms with van der Waals surface area (Å²) in [7, 11) is 0. The number of rotatable bonds is 9. The summed E-state index contributed by atoms with van der Waals surface area (Å²) in [6.45, 7) is 16.0. The van der Waals surface area contributed by atoms with Gasteiger partial charge in [0.05, 0.1) is 18.4 Å². The van der Waals surface area contributed by atoms with Gasteiger partial charge < -0.3 is 9.47 Å². The molecule has 1 rings (SSSR count). The summed E-state index contributed by atoms with van der Waals surface area (Å²) >= 11 is 0. The van der Waals surface area contributed by atoms with Gasteiger partial charge in [-0.2, -0.15) is 0 Å². The molecule has 2 atom stereocenters. The zero-order valence-corrected chi connectivity index (χ0v) is 18.3. The maximum absolute atomic E-state index is 13.1. The van der Waals surface area contributed by atoms with Crippen LogP contribution in [0.1, 0.15) is 59.9 Å². The Hall–Kier alpha value is -2.10. The van der Waals surface area contributed by atoms with E-state index < -0.39 is 22.7 Å². The molecule has 0 aliphatic rings. The van der Waals surface area contributed by atoms with Gasteiger partial charge in [-0.25, -0.2) is 0 Å². The third-order valence-corrected chi connectivity index (χ3v) is 4.73. The second-order valence-corrected chi connectivity index (χ2v) is 9.38. The predicted octanol–water partition coefficient (Wildman–Crippen LogP) is 5.56. The van der Waals surface area contributed by atoms with Crippen LogP contribution >= 0.6 is 0 Å². The number of carbonyl (C=O) groups is 2. The largest absolute Gasteiger partial charge is 0.465 e. The van der Waals surface area contributed by atoms with E-state index in [4.69, 9.17) is 9.47 Å². The molecule has 2 unspecified atom stereocenters. The van der Waals surface area contributed by atoms with Crippen molar-refractivity contribution in [3.8, 4) is 0 Å². The van der Waals surface area contributed by atoms with Crippen LogP contribution in [0.3, 0.4) is 0 Å². The molecule has 4 heteroatoms. The molecular weight excluding hydrogens is 352 g/mol. The Bertz CT molecular complexity index is 635. The topological polar surface area (TPSA) is 52.6 Å². The molecule has 0 fully saturated rings. The van der Waals surface area contributed by atoms with Crippen molar-refractivity contribution >= 4 is 11.9 Å². The summed E-state index contributed by atoms with van der Waals surface area (Å²) in [5, 5.41) is 0. The number of hydrogen-bond donors (Lipinski definition) is 0. The van der Waals surface area contributed by atoms with E-state index in [0.29, 0.717) is 6.61 Å². The lowest BCUT2D eigenvalue weighted by atomic mass is 9.64. The summed E-state index contributed by atoms with van der Waals surface area (Å²) in [6, 6.07) is 9.55. The normalized spacial score (nSPS) is 14.1. The molecule has 156 valence electrons. The molecule has 0 N–H and O–H groups in total. The van der Waals surface area contributed by atoms with Gasteiger partial charge in [0.2, 0.25) is 0 Å². The van der Waals surface area contributed by atoms with Crippen LogP contribution in [-0.2, 0) is 25.7 Å². The highest BCUT2D eigenvalue weighted by molar-refractivity contribution is 5.83. The number of unbranched alkanes of at least 4 members (excludes halogenated alkanes) is 1. The minimum Gasteiger partial charge on any atom is -0.465 e. The summed E-state index contributed by atoms with van der Waals surface area (Å²) in [5.74, 6) is -1.91. The van der Waals surface area contributed by atoms with Gasteiger partial charge in [0.15, 0.2) is 0 Å². The third-order valence-electron chi connectivity index (χ3n) is 4.73. The highest BCUT2D eigenvalue weighted by Gasteiger charge is 2.49. The first-order valence-electron chi connectivity index (χ1n) is 9.96. The van der Waals surface area contributed by atoms with Crippen LogP contribution in [0.4, 0.5) is 0 Å². The van der Waals surface area contributed by atoms with E-state index in [-0.39, 0.29) is 18.5 Å². The maximum atomic E-state index is 13.1. The van der Waals surface area contributed by atoms with Crippen LogP contribution < -0.4 is 0 Å². The fraction of sp³-hybridized carbons (Fsp3) is 0.583. The third kappa shape index (κ3) is 7.49. The van der Waals surface area contributed by atoms with Gasteiger partial charge in [0, 0.05) is 0 Å². The number of allylic oxidation sites excluding steroid dienone is 1. The molecule has 0 aromatic heterocycles. The van der Waals surface area contributed by atoms with Crippen molar-refractivity contribution in [2.75, 3.05) is 6.61 Å². The Morgan fingerprint density at radius 3 is 1.89 bits per heavy atom. The fourth-order valence-electron chi connectivity index (χ4n) is 3.29. The Kier molecular flexibility index (Phi) is 8.93. The van der Waals surface area contributed by atoms with Gasteiger partial charge in [0.25, 0.3) is 0 Å². The van der Waals surface area contributed by atoms with E-state index in [1.165, 1.54) is 0 Å². The number of esters is 2. The molecule has 0 saturated heterocycles. The number of carbonyl (C=O) groups excluding carboxylic acids is 2. The molecule has 0 spiro atoms. The SMILES string of the molecule is C=CCCCOC(=O)C(C(C(=O)OCc1ccccc1)C(C)(C)C)C(C)(C)C. The minimum atomic E-state index is -0.608. The maximum Gasteiger partial charge on any atom is 0.310 e. The first-order chi connectivity index (χ1) is 13.0. The van der Waals surface area contributed by atoms with E-state index in [1.807, 2.05) is 71.9 Å². The Labute approximate surface area is 170 Å². The minimum absolute atomic E-state index is 0.192. The highest BCUT2D eigenvalue weighted by atomic mass is 16.5. The molecule has 1 aromatic carbocycles. The van der Waals surface area contributed by atoms with E-state index in [1.54, 1.807) is 6.08 Å². The van der Waals surface area contributed by atoms with Gasteiger partial charge >= 0.3 is 11.9 Å². The molecule has 28 heavy (non-hydrogen) atoms. The van der Waals surface area contributed by atoms with Crippen LogP contribution in [0.15, 0.2) is 43.0 Å². The van der Waals surface area contributed by atoms with E-state index >= 15 is 0 Å². The van der Waals surface area contributed by atoms with Crippen molar-refractivity contribution in [2.24, 2.45) is 22.7 Å². The number of ether oxygens (including phenoxy) is 2. The molecule has 0 aliphatic heterocycles. The Morgan fingerprint density at radius 2 is 1.43 bits per heavy atom. The fourth-order valence-corrected chi connectivity index (χ4v) is 3.29. The first kappa shape index (κ1) is 23.9. The molecule has 0 aliphatic carbocycles. The Morgan fingerprint density at radius 1 is 0.929 bits per heavy atom. The van der Waals surface area contributed by atoms with Crippen LogP contribution in [0.5, 0.6) is 0 Å². The molecule has 0 saturated carbocycles. The zero-order valence-electron chi connectivity index (χ0n) is 18.3. The zero-order chi connectivity index (χ0) is 21.4. The lowest BCUT2D eigenvalue weighted by molar-refractivity contribution is -0.172. The van der Waals surface area contributed by atoms with Gasteiger partial charge in [-0.05, 0) is 29.2 Å². The monoisotopic (exact) mass is 388 g/mol. The number of benzene rings is 1. The molecule has 0 heterocycles. The van der Waals surface area contributed by atoms with Gasteiger partial charge in [-0.3, -0.25) is 9.59 Å². The van der Waals surface area contributed by atoms with Crippen molar-refractivity contribution in [3.63, 3.8) is 0 Å². The van der Waals surface area contributed by atoms with E-state index in [2.05, 4.69) is 6.58 Å². The quantitative estimate of drug-likeness (QED) is 0.315. The molecule has 0 radical (unpaired) electrons. The van der Waals surface area contributed by atoms with Gasteiger partial charge in [-0.15, -0.1) is 6.58 Å². The molecule has 1 aromatic rings. The van der Waals surface area contributed by atoms with Gasteiger partial charge in [0.1, 0.15) is 6.61 Å². The van der Waals surface area contributed by atoms with E-state index in [0.717, 1.165) is 18.4 Å². The smallest absolute Gasteiger partial charge is 0.310 e. The van der Waals surface area contributed by atoms with Crippen LogP contribution in [-0.4, -0.2) is 18.5 Å². The van der Waals surface area contributed by atoms with E-state index in [9.17, 15) is 9.59 Å². The van der Waals surface area contributed by atoms with Crippen LogP contribution in [0, 0.1) is 22.7 Å². The van der Waals surface area contributed by atoms with Crippen molar-refractivity contribution in [3.05, 3.63) is 48.6 Å². The molecule has 0 amide bonds. The van der Waals surface area contributed by atoms with Crippen LogP contribution in [0.2, 0.25) is 0 Å². The first-order valence-corrected chi connectivity index (χ1v) is 9.96. The summed E-state index contributed by atoms with van der Waals surface area (Å²) in [5.41, 5.74) is 0.0215. The van der Waals surface area contributed by atoms with Crippen LogP contribution in [0.25, 0.3) is 0 Å². The highest BCUT2D eigenvalue weighted by Crippen LogP contribution is 2.43. The Balaban J connectivity index is 3.01. The van der Waals surface area contributed by atoms with Gasteiger partial charge in [-0.1, -0.05) is 78.0 Å². The average molecular weight is 389 g/mol. The number of hydrogen-bond acceptors (Lipinski definition) is 4. The lowest BCUT2D eigenvalue weighted by Crippen LogP contribution is -2.46. The lowest BCUT2D eigenvalue weighted by Gasteiger charge is -2.40. The molecular formula is C24H36O4. The van der Waals surface area contributed by atoms with Crippen molar-refractivity contribution < 1.29 is 19.1 Å². The summed E-state index contributed by atoms with van der Waals surface area (Å²) in [6.07, 6.45) is 3.31. The summed E-state index contributed by atoms with van der Waals surface area (Å²) in [4.78, 5) is 26.1. The second kappa shape index (κ2) is 10.4. The van der Waals surface area contributed by atoms with Crippen molar-refractivity contribution in [2.45, 2.75) is 61.0 Å². The predicted molar refractivity (Wildman–Crippen MR) is 113 cm³/mol. The second-order valence-electron chi connectivity index (χ2n) is 9.38. The standard InChI is InChI=1S/C24H36O4/c1-8-9-13-16-27-21(25)19(23(2,3)4)20(24(5,6)7)22(26)28-17-18-14-11-10-12-15-18/h8,10-12,14-15,19-20H,1,9,13,16-17H2,2-7H3. The summed E-state index contributed by atoms with van der Waals surface area (Å²) < 4.78 is 11.2. The van der Waals surface area contributed by atoms with Crippen molar-refractivity contribution in [1.82, 2.24) is 0 Å².